The van der Waals surface area contributed by atoms with Crippen molar-refractivity contribution in [2.24, 2.45) is 0 Å². The number of benzene rings is 3. The molecule has 0 aromatic heterocycles. The lowest BCUT2D eigenvalue weighted by Gasteiger charge is -2.31. The number of nitrogens with zero attached hydrogens (tertiary/aromatic N) is 1. The van der Waals surface area contributed by atoms with Crippen LogP contribution in [0, 0.1) is 0 Å². The van der Waals surface area contributed by atoms with Crippen molar-refractivity contribution in [3.63, 3.8) is 0 Å². The van der Waals surface area contributed by atoms with Crippen molar-refractivity contribution < 1.29 is 18.9 Å². The van der Waals surface area contributed by atoms with Crippen molar-refractivity contribution in [3.8, 4) is 28.7 Å². The third-order valence-corrected chi connectivity index (χ3v) is 4.47. The van der Waals surface area contributed by atoms with Gasteiger partial charge in [-0.2, -0.15) is 0 Å². The number of rotatable bonds is 3. The van der Waals surface area contributed by atoms with E-state index in [1.54, 1.807) is 0 Å². The predicted octanol–water partition coefficient (Wildman–Crippen LogP) is 4.56. The van der Waals surface area contributed by atoms with Crippen LogP contribution in [0.25, 0.3) is 0 Å². The minimum Gasteiger partial charge on any atom is -0.473 e. The van der Waals surface area contributed by atoms with E-state index in [0.29, 0.717) is 6.73 Å². The average Bonchev–Trinajstić information content (AvgIpc) is 3.14. The second kappa shape index (κ2) is 6.19. The van der Waals surface area contributed by atoms with Gasteiger partial charge in [0.15, 0.2) is 18.2 Å². The molecule has 0 N–H and O–H groups in total. The number of ether oxygens (including phenoxy) is 4. The van der Waals surface area contributed by atoms with Crippen LogP contribution in [0.4, 0.5) is 5.69 Å². The van der Waals surface area contributed by atoms with E-state index in [1.165, 1.54) is 0 Å². The van der Waals surface area contributed by atoms with E-state index in [2.05, 4.69) is 4.90 Å². The van der Waals surface area contributed by atoms with E-state index in [4.69, 9.17) is 18.9 Å². The molecule has 0 saturated heterocycles. The number of para-hydroxylation sites is 1. The molecule has 0 atom stereocenters. The van der Waals surface area contributed by atoms with Gasteiger partial charge in [-0.1, -0.05) is 18.2 Å². The first-order valence-corrected chi connectivity index (χ1v) is 8.48. The topological polar surface area (TPSA) is 40.2 Å². The molecule has 2 aliphatic heterocycles. The minimum atomic E-state index is 0.269. The molecule has 130 valence electrons. The highest BCUT2D eigenvalue weighted by atomic mass is 16.7. The molecule has 0 radical (unpaired) electrons. The van der Waals surface area contributed by atoms with Crippen LogP contribution in [0.3, 0.4) is 0 Å². The molecule has 0 unspecified atom stereocenters. The highest BCUT2D eigenvalue weighted by Crippen LogP contribution is 2.40. The molecule has 0 aliphatic carbocycles. The first kappa shape index (κ1) is 15.0. The van der Waals surface area contributed by atoms with Crippen molar-refractivity contribution in [2.75, 3.05) is 18.4 Å². The second-order valence-corrected chi connectivity index (χ2v) is 6.19. The first-order chi connectivity index (χ1) is 12.8. The van der Waals surface area contributed by atoms with Crippen LogP contribution < -0.4 is 23.8 Å². The number of hydrogen-bond acceptors (Lipinski definition) is 5. The molecule has 3 aromatic rings. The largest absolute Gasteiger partial charge is 0.473 e. The number of fused-ring (bicyclic) bond motifs is 2. The molecule has 0 bridgehead atoms. The van der Waals surface area contributed by atoms with Crippen molar-refractivity contribution in [1.29, 1.82) is 0 Å². The van der Waals surface area contributed by atoms with Gasteiger partial charge < -0.3 is 23.8 Å². The Morgan fingerprint density at radius 3 is 2.27 bits per heavy atom. The van der Waals surface area contributed by atoms with Crippen LogP contribution in [-0.2, 0) is 6.54 Å². The maximum absolute atomic E-state index is 5.90. The summed E-state index contributed by atoms with van der Waals surface area (Å²) in [5.74, 6) is 4.02. The Labute approximate surface area is 151 Å². The SMILES string of the molecule is c1ccc(Oc2ccc(N3COc4cc5c(cc4C3)OCO5)cc2)cc1. The lowest BCUT2D eigenvalue weighted by molar-refractivity contribution is 0.174. The molecule has 2 heterocycles. The van der Waals surface area contributed by atoms with Crippen molar-refractivity contribution in [2.45, 2.75) is 6.54 Å². The number of hydrogen-bond donors (Lipinski definition) is 0. The van der Waals surface area contributed by atoms with Crippen LogP contribution in [0.1, 0.15) is 5.56 Å². The fourth-order valence-electron chi connectivity index (χ4n) is 3.14. The van der Waals surface area contributed by atoms with Crippen molar-refractivity contribution in [1.82, 2.24) is 0 Å². The van der Waals surface area contributed by atoms with Crippen LogP contribution in [0.5, 0.6) is 28.7 Å². The van der Waals surface area contributed by atoms with E-state index in [0.717, 1.165) is 46.5 Å². The fraction of sp³-hybridized carbons (Fsp3) is 0.143. The minimum absolute atomic E-state index is 0.269. The maximum atomic E-state index is 5.90. The normalized spacial score (nSPS) is 14.5. The summed E-state index contributed by atoms with van der Waals surface area (Å²) in [4.78, 5) is 2.16. The van der Waals surface area contributed by atoms with Gasteiger partial charge >= 0.3 is 0 Å². The molecule has 0 fully saturated rings. The molecule has 0 saturated carbocycles. The monoisotopic (exact) mass is 347 g/mol. The third-order valence-electron chi connectivity index (χ3n) is 4.47. The molecule has 5 nitrogen and oxygen atoms in total. The fourth-order valence-corrected chi connectivity index (χ4v) is 3.14. The first-order valence-electron chi connectivity index (χ1n) is 8.48. The lowest BCUT2D eigenvalue weighted by Crippen LogP contribution is -2.31. The van der Waals surface area contributed by atoms with Gasteiger partial charge in [0.1, 0.15) is 17.2 Å². The number of anilines is 1. The predicted molar refractivity (Wildman–Crippen MR) is 97.2 cm³/mol. The molecular formula is C21H17NO4. The molecule has 26 heavy (non-hydrogen) atoms. The molecule has 3 aromatic carbocycles. The van der Waals surface area contributed by atoms with Gasteiger partial charge in [0.05, 0.1) is 0 Å². The summed E-state index contributed by atoms with van der Waals surface area (Å²) in [6.07, 6.45) is 0. The van der Waals surface area contributed by atoms with Gasteiger partial charge in [-0.15, -0.1) is 0 Å². The van der Waals surface area contributed by atoms with Gasteiger partial charge in [0.25, 0.3) is 0 Å². The van der Waals surface area contributed by atoms with Gasteiger partial charge in [0.2, 0.25) is 6.79 Å². The highest BCUT2D eigenvalue weighted by Gasteiger charge is 2.23. The standard InChI is InChI=1S/C21H17NO4/c1-2-4-17(5-3-1)26-18-8-6-16(7-9-18)22-12-15-10-20-21(25-14-24-20)11-19(15)23-13-22/h1-11H,12-14H2. The summed E-state index contributed by atoms with van der Waals surface area (Å²) < 4.78 is 22.6. The summed E-state index contributed by atoms with van der Waals surface area (Å²) in [7, 11) is 0. The van der Waals surface area contributed by atoms with E-state index >= 15 is 0 Å². The second-order valence-electron chi connectivity index (χ2n) is 6.19. The van der Waals surface area contributed by atoms with E-state index in [1.807, 2.05) is 66.7 Å². The summed E-state index contributed by atoms with van der Waals surface area (Å²) in [5, 5.41) is 0. The van der Waals surface area contributed by atoms with Crippen LogP contribution in [0.15, 0.2) is 66.7 Å². The highest BCUT2D eigenvalue weighted by molar-refractivity contribution is 5.56. The Morgan fingerprint density at radius 2 is 1.46 bits per heavy atom. The van der Waals surface area contributed by atoms with Gasteiger partial charge in [0, 0.05) is 23.9 Å². The van der Waals surface area contributed by atoms with Crippen LogP contribution >= 0.6 is 0 Å². The van der Waals surface area contributed by atoms with Crippen molar-refractivity contribution in [3.05, 3.63) is 72.3 Å². The Bertz CT molecular complexity index is 925. The third kappa shape index (κ3) is 2.77. The zero-order valence-electron chi connectivity index (χ0n) is 14.1. The maximum Gasteiger partial charge on any atom is 0.231 e. The summed E-state index contributed by atoms with van der Waals surface area (Å²) >= 11 is 0. The summed E-state index contributed by atoms with van der Waals surface area (Å²) in [6.45, 7) is 1.52. The average molecular weight is 347 g/mol. The van der Waals surface area contributed by atoms with Crippen LogP contribution in [-0.4, -0.2) is 13.5 Å². The molecule has 0 spiro atoms. The quantitative estimate of drug-likeness (QED) is 0.694. The Balaban J connectivity index is 1.33. The van der Waals surface area contributed by atoms with Crippen LogP contribution in [0.2, 0.25) is 0 Å². The Kier molecular flexibility index (Phi) is 3.56. The van der Waals surface area contributed by atoms with Crippen molar-refractivity contribution >= 4 is 5.69 Å². The molecular weight excluding hydrogens is 330 g/mol. The lowest BCUT2D eigenvalue weighted by atomic mass is 10.1. The molecule has 5 heteroatoms. The van der Waals surface area contributed by atoms with E-state index < -0.39 is 0 Å². The summed E-state index contributed by atoms with van der Waals surface area (Å²) in [5.41, 5.74) is 2.17. The Hall–Kier alpha value is -3.34. The zero-order valence-corrected chi connectivity index (χ0v) is 14.1. The van der Waals surface area contributed by atoms with Gasteiger partial charge in [-0.25, -0.2) is 0 Å². The van der Waals surface area contributed by atoms with E-state index in [-0.39, 0.29) is 6.79 Å². The smallest absolute Gasteiger partial charge is 0.231 e. The van der Waals surface area contributed by atoms with Gasteiger partial charge in [-0.05, 0) is 42.5 Å². The summed E-state index contributed by atoms with van der Waals surface area (Å²) in [6, 6.07) is 21.7. The Morgan fingerprint density at radius 1 is 0.731 bits per heavy atom. The molecule has 5 rings (SSSR count). The molecule has 2 aliphatic rings. The van der Waals surface area contributed by atoms with Gasteiger partial charge in [-0.3, -0.25) is 0 Å². The zero-order chi connectivity index (χ0) is 17.3. The van der Waals surface area contributed by atoms with E-state index in [9.17, 15) is 0 Å². The molecule has 0 amide bonds.